The van der Waals surface area contributed by atoms with E-state index in [1.165, 1.54) is 11.0 Å². The topological polar surface area (TPSA) is 69.7 Å². The predicted molar refractivity (Wildman–Crippen MR) is 80.5 cm³/mol. The summed E-state index contributed by atoms with van der Waals surface area (Å²) < 4.78 is 0. The van der Waals surface area contributed by atoms with Crippen LogP contribution in [0.4, 0.5) is 0 Å². The lowest BCUT2D eigenvalue weighted by Crippen LogP contribution is -2.49. The van der Waals surface area contributed by atoms with Crippen LogP contribution in [0.2, 0.25) is 0 Å². The molecule has 21 heavy (non-hydrogen) atoms. The zero-order valence-corrected chi connectivity index (χ0v) is 13.3. The summed E-state index contributed by atoms with van der Waals surface area (Å²) in [6.45, 7) is 12.1. The Morgan fingerprint density at radius 2 is 2.10 bits per heavy atom. The van der Waals surface area contributed by atoms with Crippen LogP contribution in [0.5, 0.6) is 0 Å². The highest BCUT2D eigenvalue weighted by atomic mass is 16.2. The van der Waals surface area contributed by atoms with E-state index in [9.17, 15) is 14.4 Å². The Hall–Kier alpha value is -1.85. The largest absolute Gasteiger partial charge is 0.343 e. The molecule has 1 N–H and O–H groups in total. The van der Waals surface area contributed by atoms with Crippen LogP contribution in [-0.4, -0.2) is 58.7 Å². The lowest BCUT2D eigenvalue weighted by molar-refractivity contribution is -0.137. The summed E-state index contributed by atoms with van der Waals surface area (Å²) in [5.41, 5.74) is -0.245. The molecular weight excluding hydrogens is 270 g/mol. The van der Waals surface area contributed by atoms with E-state index in [0.717, 1.165) is 0 Å². The van der Waals surface area contributed by atoms with Crippen molar-refractivity contribution in [2.24, 2.45) is 0 Å². The Labute approximate surface area is 126 Å². The molecule has 6 nitrogen and oxygen atoms in total. The summed E-state index contributed by atoms with van der Waals surface area (Å²) in [5.74, 6) is -0.670. The summed E-state index contributed by atoms with van der Waals surface area (Å²) in [6.07, 6.45) is 1.78. The number of carbonyl (C=O) groups excluding carboxylic acids is 3. The molecule has 0 aromatic carbocycles. The van der Waals surface area contributed by atoms with Crippen molar-refractivity contribution in [1.29, 1.82) is 0 Å². The second-order valence-electron chi connectivity index (χ2n) is 6.13. The summed E-state index contributed by atoms with van der Waals surface area (Å²) in [4.78, 5) is 38.9. The predicted octanol–water partition coefficient (Wildman–Crippen LogP) is 0.537. The maximum Gasteiger partial charge on any atom is 0.246 e. The molecule has 6 heteroatoms. The van der Waals surface area contributed by atoms with Gasteiger partial charge in [0.1, 0.15) is 6.04 Å². The van der Waals surface area contributed by atoms with Crippen molar-refractivity contribution in [1.82, 2.24) is 15.1 Å². The molecule has 1 aliphatic heterocycles. The van der Waals surface area contributed by atoms with Crippen molar-refractivity contribution in [3.8, 4) is 0 Å². The average molecular weight is 295 g/mol. The van der Waals surface area contributed by atoms with E-state index < -0.39 is 6.04 Å². The molecule has 1 rings (SSSR count). The molecule has 118 valence electrons. The van der Waals surface area contributed by atoms with Crippen molar-refractivity contribution in [2.45, 2.75) is 45.7 Å². The van der Waals surface area contributed by atoms with Crippen molar-refractivity contribution >= 4 is 17.7 Å². The van der Waals surface area contributed by atoms with Gasteiger partial charge in [0.25, 0.3) is 0 Å². The molecule has 0 aromatic rings. The molecule has 1 heterocycles. The van der Waals surface area contributed by atoms with Crippen LogP contribution in [0.1, 0.15) is 34.1 Å². The minimum Gasteiger partial charge on any atom is -0.343 e. The lowest BCUT2D eigenvalue weighted by Gasteiger charge is -2.32. The molecule has 0 aliphatic carbocycles. The quantitative estimate of drug-likeness (QED) is 0.753. The van der Waals surface area contributed by atoms with E-state index in [1.807, 2.05) is 20.8 Å². The third-order valence-corrected chi connectivity index (χ3v) is 3.55. The molecule has 1 unspecified atom stereocenters. The van der Waals surface area contributed by atoms with Gasteiger partial charge >= 0.3 is 0 Å². The maximum atomic E-state index is 12.2. The number of likely N-dealkylation sites (tertiary alicyclic amines) is 1. The normalized spacial score (nSPS) is 18.6. The summed E-state index contributed by atoms with van der Waals surface area (Å²) in [7, 11) is 0. The SMILES string of the molecule is C=CC(=O)N(CC)CC(=O)NC1CCN(C(C)(C)C)C1=O. The van der Waals surface area contributed by atoms with Crippen LogP contribution in [-0.2, 0) is 14.4 Å². The first-order valence-corrected chi connectivity index (χ1v) is 7.23. The Morgan fingerprint density at radius 3 is 2.52 bits per heavy atom. The van der Waals surface area contributed by atoms with E-state index in [2.05, 4.69) is 11.9 Å². The zero-order valence-electron chi connectivity index (χ0n) is 13.3. The molecule has 1 saturated heterocycles. The number of carbonyl (C=O) groups is 3. The Balaban J connectivity index is 2.58. The van der Waals surface area contributed by atoms with Gasteiger partial charge in [-0.2, -0.15) is 0 Å². The highest BCUT2D eigenvalue weighted by Gasteiger charge is 2.38. The number of amides is 3. The third-order valence-electron chi connectivity index (χ3n) is 3.55. The Bertz CT molecular complexity index is 440. The van der Waals surface area contributed by atoms with Crippen molar-refractivity contribution < 1.29 is 14.4 Å². The van der Waals surface area contributed by atoms with Crippen LogP contribution in [0.15, 0.2) is 12.7 Å². The Morgan fingerprint density at radius 1 is 1.48 bits per heavy atom. The van der Waals surface area contributed by atoms with Crippen LogP contribution < -0.4 is 5.32 Å². The molecule has 3 amide bonds. The number of rotatable bonds is 5. The maximum absolute atomic E-state index is 12.2. The van der Waals surface area contributed by atoms with E-state index >= 15 is 0 Å². The minimum absolute atomic E-state index is 0.0549. The monoisotopic (exact) mass is 295 g/mol. The van der Waals surface area contributed by atoms with Gasteiger partial charge in [0.15, 0.2) is 0 Å². The molecule has 0 spiro atoms. The van der Waals surface area contributed by atoms with Gasteiger partial charge in [-0.05, 0) is 40.2 Å². The molecule has 0 bridgehead atoms. The number of hydrogen-bond acceptors (Lipinski definition) is 3. The second-order valence-corrected chi connectivity index (χ2v) is 6.13. The summed E-state index contributed by atoms with van der Waals surface area (Å²) in [6, 6.07) is -0.491. The third kappa shape index (κ3) is 4.31. The van der Waals surface area contributed by atoms with Gasteiger partial charge in [-0.15, -0.1) is 0 Å². The average Bonchev–Trinajstić information content (AvgIpc) is 2.76. The van der Waals surface area contributed by atoms with Crippen LogP contribution in [0, 0.1) is 0 Å². The fraction of sp³-hybridized carbons (Fsp3) is 0.667. The fourth-order valence-corrected chi connectivity index (χ4v) is 2.37. The van der Waals surface area contributed by atoms with E-state index in [0.29, 0.717) is 19.5 Å². The molecule has 0 radical (unpaired) electrons. The van der Waals surface area contributed by atoms with Gasteiger partial charge in [0, 0.05) is 18.6 Å². The van der Waals surface area contributed by atoms with Crippen molar-refractivity contribution in [3.63, 3.8) is 0 Å². The van der Waals surface area contributed by atoms with Gasteiger partial charge in [0.05, 0.1) is 6.54 Å². The lowest BCUT2D eigenvalue weighted by atomic mass is 10.1. The number of nitrogens with zero attached hydrogens (tertiary/aromatic N) is 2. The highest BCUT2D eigenvalue weighted by molar-refractivity contribution is 5.93. The standard InChI is InChI=1S/C15H25N3O3/c1-6-13(20)17(7-2)10-12(19)16-11-8-9-18(14(11)21)15(3,4)5/h6,11H,1,7-10H2,2-5H3,(H,16,19). The smallest absolute Gasteiger partial charge is 0.246 e. The second kappa shape index (κ2) is 6.74. The zero-order chi connectivity index (χ0) is 16.2. The van der Waals surface area contributed by atoms with Crippen LogP contribution >= 0.6 is 0 Å². The van der Waals surface area contributed by atoms with Gasteiger partial charge in [-0.25, -0.2) is 0 Å². The molecule has 0 aromatic heterocycles. The van der Waals surface area contributed by atoms with Crippen molar-refractivity contribution in [2.75, 3.05) is 19.6 Å². The van der Waals surface area contributed by atoms with E-state index in [-0.39, 0.29) is 29.8 Å². The first-order valence-electron chi connectivity index (χ1n) is 7.23. The minimum atomic E-state index is -0.491. The fourth-order valence-electron chi connectivity index (χ4n) is 2.37. The van der Waals surface area contributed by atoms with Crippen molar-refractivity contribution in [3.05, 3.63) is 12.7 Å². The van der Waals surface area contributed by atoms with E-state index in [4.69, 9.17) is 0 Å². The highest BCUT2D eigenvalue weighted by Crippen LogP contribution is 2.21. The van der Waals surface area contributed by atoms with Gasteiger partial charge in [0.2, 0.25) is 17.7 Å². The van der Waals surface area contributed by atoms with E-state index in [1.54, 1.807) is 11.8 Å². The molecule has 1 fully saturated rings. The van der Waals surface area contributed by atoms with Crippen LogP contribution in [0.3, 0.4) is 0 Å². The molecule has 1 aliphatic rings. The number of nitrogens with one attached hydrogen (secondary N) is 1. The first kappa shape index (κ1) is 17.2. The first-order chi connectivity index (χ1) is 9.70. The Kier molecular flexibility index (Phi) is 5.52. The molecule has 0 saturated carbocycles. The van der Waals surface area contributed by atoms with Crippen LogP contribution in [0.25, 0.3) is 0 Å². The number of hydrogen-bond donors (Lipinski definition) is 1. The van der Waals surface area contributed by atoms with Gasteiger partial charge < -0.3 is 15.1 Å². The van der Waals surface area contributed by atoms with Gasteiger partial charge in [-0.1, -0.05) is 6.58 Å². The number of likely N-dealkylation sites (N-methyl/N-ethyl adjacent to an activating group) is 1. The summed E-state index contributed by atoms with van der Waals surface area (Å²) in [5, 5.41) is 2.72. The van der Waals surface area contributed by atoms with Gasteiger partial charge in [-0.3, -0.25) is 14.4 Å². The molecule has 1 atom stereocenters. The summed E-state index contributed by atoms with van der Waals surface area (Å²) >= 11 is 0. The molecular formula is C15H25N3O3.